The van der Waals surface area contributed by atoms with Gasteiger partial charge in [-0.3, -0.25) is 9.59 Å². The van der Waals surface area contributed by atoms with E-state index in [0.717, 1.165) is 0 Å². The first-order valence-electron chi connectivity index (χ1n) is 8.83. The van der Waals surface area contributed by atoms with Gasteiger partial charge in [0.2, 0.25) is 0 Å². The first-order chi connectivity index (χ1) is 13.9. The minimum Gasteiger partial charge on any atom is -0.493 e. The molecule has 0 spiro atoms. The summed E-state index contributed by atoms with van der Waals surface area (Å²) in [6.07, 6.45) is -0.0768. The molecule has 0 saturated carbocycles. The highest BCUT2D eigenvalue weighted by molar-refractivity contribution is 5.98. The Hall–Kier alpha value is -3.55. The van der Waals surface area contributed by atoms with Crippen LogP contribution in [0.5, 0.6) is 11.5 Å². The molecule has 3 rings (SSSR count). The number of halogens is 1. The fraction of sp³-hybridized carbons (Fsp3) is 0.238. The number of nitrogens with one attached hydrogen (secondary N) is 2. The maximum Gasteiger partial charge on any atom is 0.307 e. The Morgan fingerprint density at radius 2 is 1.79 bits per heavy atom. The molecule has 1 amide bonds. The Balaban J connectivity index is 1.90. The lowest BCUT2D eigenvalue weighted by atomic mass is 10.0. The summed E-state index contributed by atoms with van der Waals surface area (Å²) in [4.78, 5) is 27.6. The van der Waals surface area contributed by atoms with Gasteiger partial charge in [-0.1, -0.05) is 6.07 Å². The number of carbonyl (C=O) groups is 2. The minimum atomic E-state index is -0.669. The number of fused-ring (bicyclic) bond motifs is 1. The number of aromatic amines is 1. The molecule has 0 aliphatic carbocycles. The van der Waals surface area contributed by atoms with Gasteiger partial charge in [0, 0.05) is 10.9 Å². The number of benzene rings is 2. The van der Waals surface area contributed by atoms with E-state index in [-0.39, 0.29) is 12.1 Å². The molecule has 29 heavy (non-hydrogen) atoms. The Kier molecular flexibility index (Phi) is 6.01. The number of H-pyrrole nitrogens is 1. The summed E-state index contributed by atoms with van der Waals surface area (Å²) in [5.74, 6) is -0.321. The number of methoxy groups -OCH3 is 3. The predicted octanol–water partition coefficient (Wildman–Crippen LogP) is 3.36. The topological polar surface area (TPSA) is 89.7 Å². The molecule has 0 fully saturated rings. The van der Waals surface area contributed by atoms with E-state index in [4.69, 9.17) is 14.2 Å². The predicted molar refractivity (Wildman–Crippen MR) is 105 cm³/mol. The van der Waals surface area contributed by atoms with Crippen LogP contribution in [0.2, 0.25) is 0 Å². The van der Waals surface area contributed by atoms with Gasteiger partial charge >= 0.3 is 5.97 Å². The molecule has 1 atom stereocenters. The molecule has 1 heterocycles. The fourth-order valence-corrected chi connectivity index (χ4v) is 3.03. The molecule has 8 heteroatoms. The van der Waals surface area contributed by atoms with Crippen LogP contribution in [0.1, 0.15) is 28.5 Å². The Morgan fingerprint density at radius 1 is 1.03 bits per heavy atom. The lowest BCUT2D eigenvalue weighted by molar-refractivity contribution is -0.141. The summed E-state index contributed by atoms with van der Waals surface area (Å²) in [6, 6.07) is 10.2. The van der Waals surface area contributed by atoms with Crippen LogP contribution in [0.4, 0.5) is 4.39 Å². The van der Waals surface area contributed by atoms with Crippen molar-refractivity contribution in [2.45, 2.75) is 12.5 Å². The van der Waals surface area contributed by atoms with Crippen molar-refractivity contribution in [3.63, 3.8) is 0 Å². The molecule has 152 valence electrons. The number of hydrogen-bond acceptors (Lipinski definition) is 5. The van der Waals surface area contributed by atoms with E-state index in [2.05, 4.69) is 10.3 Å². The largest absolute Gasteiger partial charge is 0.493 e. The normalized spacial score (nSPS) is 11.7. The van der Waals surface area contributed by atoms with E-state index in [1.54, 1.807) is 30.3 Å². The average Bonchev–Trinajstić information content (AvgIpc) is 3.15. The van der Waals surface area contributed by atoms with Gasteiger partial charge in [0.1, 0.15) is 11.5 Å². The first-order valence-corrected chi connectivity index (χ1v) is 8.83. The van der Waals surface area contributed by atoms with E-state index in [1.165, 1.54) is 33.5 Å². The zero-order valence-electron chi connectivity index (χ0n) is 16.2. The molecule has 3 aromatic rings. The number of ether oxygens (including phenoxy) is 3. The zero-order chi connectivity index (χ0) is 21.0. The number of aromatic nitrogens is 1. The molecular formula is C21H21FN2O5. The molecule has 0 bridgehead atoms. The van der Waals surface area contributed by atoms with Gasteiger partial charge in [-0.25, -0.2) is 4.39 Å². The van der Waals surface area contributed by atoms with Crippen molar-refractivity contribution in [2.75, 3.05) is 21.3 Å². The van der Waals surface area contributed by atoms with Gasteiger partial charge in [-0.15, -0.1) is 0 Å². The van der Waals surface area contributed by atoms with E-state index in [9.17, 15) is 14.0 Å². The van der Waals surface area contributed by atoms with Crippen LogP contribution in [0, 0.1) is 5.82 Å². The van der Waals surface area contributed by atoms with Crippen LogP contribution in [0.15, 0.2) is 42.5 Å². The fourth-order valence-electron chi connectivity index (χ4n) is 3.03. The molecule has 1 unspecified atom stereocenters. The number of carbonyl (C=O) groups excluding carboxylic acids is 2. The second-order valence-electron chi connectivity index (χ2n) is 6.34. The van der Waals surface area contributed by atoms with Crippen molar-refractivity contribution in [1.82, 2.24) is 10.3 Å². The number of amides is 1. The molecule has 0 saturated heterocycles. The Morgan fingerprint density at radius 3 is 2.48 bits per heavy atom. The monoisotopic (exact) mass is 400 g/mol. The van der Waals surface area contributed by atoms with Crippen molar-refractivity contribution in [3.8, 4) is 11.5 Å². The lowest BCUT2D eigenvalue weighted by Crippen LogP contribution is -2.30. The molecule has 0 aliphatic rings. The highest BCUT2D eigenvalue weighted by atomic mass is 19.1. The molecule has 1 aromatic heterocycles. The third kappa shape index (κ3) is 4.48. The third-order valence-electron chi connectivity index (χ3n) is 4.54. The van der Waals surface area contributed by atoms with Crippen LogP contribution < -0.4 is 14.8 Å². The summed E-state index contributed by atoms with van der Waals surface area (Å²) >= 11 is 0. The summed E-state index contributed by atoms with van der Waals surface area (Å²) in [5.41, 5.74) is 1.52. The lowest BCUT2D eigenvalue weighted by Gasteiger charge is -2.19. The summed E-state index contributed by atoms with van der Waals surface area (Å²) in [6.45, 7) is 0. The van der Waals surface area contributed by atoms with Crippen LogP contribution in [-0.4, -0.2) is 38.2 Å². The van der Waals surface area contributed by atoms with Gasteiger partial charge in [-0.05, 0) is 42.0 Å². The smallest absolute Gasteiger partial charge is 0.307 e. The maximum absolute atomic E-state index is 13.4. The first kappa shape index (κ1) is 20.2. The van der Waals surface area contributed by atoms with Gasteiger partial charge in [0.05, 0.1) is 33.8 Å². The SMILES string of the molecule is COC(=O)CC(NC(=O)c1cc2cc(F)ccc2[nH]1)c1ccc(OC)c(OC)c1. The molecule has 2 N–H and O–H groups in total. The van der Waals surface area contributed by atoms with Gasteiger partial charge in [0.25, 0.3) is 5.91 Å². The number of esters is 1. The quantitative estimate of drug-likeness (QED) is 0.594. The highest BCUT2D eigenvalue weighted by Crippen LogP contribution is 2.31. The van der Waals surface area contributed by atoms with Crippen LogP contribution in [0.3, 0.4) is 0 Å². The number of rotatable bonds is 7. The van der Waals surface area contributed by atoms with E-state index in [1.807, 2.05) is 0 Å². The standard InChI is InChI=1S/C21H21FN2O5/c1-27-18-7-4-12(10-19(18)28-2)16(11-20(25)29-3)24-21(26)17-9-13-8-14(22)5-6-15(13)23-17/h4-10,16,23H,11H2,1-3H3,(H,24,26). The van der Waals surface area contributed by atoms with Crippen LogP contribution in [0.25, 0.3) is 10.9 Å². The second kappa shape index (κ2) is 8.64. The van der Waals surface area contributed by atoms with Gasteiger partial charge in [-0.2, -0.15) is 0 Å². The van der Waals surface area contributed by atoms with Crippen molar-refractivity contribution >= 4 is 22.8 Å². The van der Waals surface area contributed by atoms with Crippen molar-refractivity contribution in [3.05, 3.63) is 59.5 Å². The summed E-state index contributed by atoms with van der Waals surface area (Å²) in [5, 5.41) is 3.39. The van der Waals surface area contributed by atoms with Gasteiger partial charge in [0.15, 0.2) is 11.5 Å². The van der Waals surface area contributed by atoms with E-state index < -0.39 is 23.7 Å². The molecule has 2 aromatic carbocycles. The van der Waals surface area contributed by atoms with E-state index >= 15 is 0 Å². The van der Waals surface area contributed by atoms with Crippen molar-refractivity contribution in [2.24, 2.45) is 0 Å². The third-order valence-corrected chi connectivity index (χ3v) is 4.54. The zero-order valence-corrected chi connectivity index (χ0v) is 16.2. The van der Waals surface area contributed by atoms with Crippen molar-refractivity contribution < 1.29 is 28.2 Å². The van der Waals surface area contributed by atoms with Gasteiger partial charge < -0.3 is 24.5 Å². The second-order valence-corrected chi connectivity index (χ2v) is 6.34. The summed E-state index contributed by atoms with van der Waals surface area (Å²) in [7, 11) is 4.30. The van der Waals surface area contributed by atoms with E-state index in [0.29, 0.717) is 28.0 Å². The summed E-state index contributed by atoms with van der Waals surface area (Å²) < 4.78 is 28.7. The Labute approximate surface area is 166 Å². The Bertz CT molecular complexity index is 1050. The van der Waals surface area contributed by atoms with Crippen LogP contribution >= 0.6 is 0 Å². The molecule has 0 aliphatic heterocycles. The molecular weight excluding hydrogens is 379 g/mol. The van der Waals surface area contributed by atoms with Crippen LogP contribution in [-0.2, 0) is 9.53 Å². The number of hydrogen-bond donors (Lipinski definition) is 2. The highest BCUT2D eigenvalue weighted by Gasteiger charge is 2.22. The average molecular weight is 400 g/mol. The minimum absolute atomic E-state index is 0.0768. The molecule has 0 radical (unpaired) electrons. The molecule has 7 nitrogen and oxygen atoms in total. The van der Waals surface area contributed by atoms with Crippen molar-refractivity contribution in [1.29, 1.82) is 0 Å². The maximum atomic E-state index is 13.4.